The van der Waals surface area contributed by atoms with Gasteiger partial charge in [0.1, 0.15) is 0 Å². The number of hydrogen-bond acceptors (Lipinski definition) is 4. The van der Waals surface area contributed by atoms with Crippen LogP contribution in [0.4, 0.5) is 0 Å². The molecule has 0 atom stereocenters. The molecule has 1 N–H and O–H groups in total. The standard InChI is InChI=1S/C16H23N5/c1-11(2)8-17-9-14-10-18-16(19-12(14)3)21-7-6-15(20-21)13-4-5-13/h6-7,10-11,13,17H,4-5,8-9H2,1-3H3. The van der Waals surface area contributed by atoms with Crippen molar-refractivity contribution >= 4 is 0 Å². The fourth-order valence-electron chi connectivity index (χ4n) is 2.31. The van der Waals surface area contributed by atoms with E-state index in [1.54, 1.807) is 4.68 Å². The van der Waals surface area contributed by atoms with Gasteiger partial charge >= 0.3 is 0 Å². The molecule has 0 amide bonds. The normalized spacial score (nSPS) is 14.9. The molecular formula is C16H23N5. The highest BCUT2D eigenvalue weighted by atomic mass is 15.3. The molecule has 0 unspecified atom stereocenters. The van der Waals surface area contributed by atoms with Gasteiger partial charge in [0.2, 0.25) is 0 Å². The average Bonchev–Trinajstić information content (AvgIpc) is 3.18. The van der Waals surface area contributed by atoms with Crippen molar-refractivity contribution in [2.45, 2.75) is 46.1 Å². The molecule has 21 heavy (non-hydrogen) atoms. The number of aryl methyl sites for hydroxylation is 1. The van der Waals surface area contributed by atoms with Crippen LogP contribution in [0.2, 0.25) is 0 Å². The van der Waals surface area contributed by atoms with E-state index in [2.05, 4.69) is 40.3 Å². The van der Waals surface area contributed by atoms with Gasteiger partial charge in [-0.2, -0.15) is 5.10 Å². The molecule has 2 aromatic rings. The molecule has 1 aliphatic carbocycles. The summed E-state index contributed by atoms with van der Waals surface area (Å²) in [7, 11) is 0. The van der Waals surface area contributed by atoms with Crippen molar-refractivity contribution in [2.24, 2.45) is 5.92 Å². The van der Waals surface area contributed by atoms with Gasteiger partial charge in [-0.25, -0.2) is 14.6 Å². The van der Waals surface area contributed by atoms with Crippen LogP contribution in [-0.4, -0.2) is 26.3 Å². The third-order valence-electron chi connectivity index (χ3n) is 3.75. The lowest BCUT2D eigenvalue weighted by Crippen LogP contribution is -2.20. The van der Waals surface area contributed by atoms with Crippen molar-refractivity contribution in [3.63, 3.8) is 0 Å². The van der Waals surface area contributed by atoms with Gasteiger partial charge in [0.25, 0.3) is 5.95 Å². The molecule has 2 heterocycles. The van der Waals surface area contributed by atoms with Crippen molar-refractivity contribution in [1.29, 1.82) is 0 Å². The molecule has 1 aliphatic rings. The number of aromatic nitrogens is 4. The summed E-state index contributed by atoms with van der Waals surface area (Å²) in [5.74, 6) is 1.97. The molecule has 0 radical (unpaired) electrons. The third-order valence-corrected chi connectivity index (χ3v) is 3.75. The number of nitrogens with zero attached hydrogens (tertiary/aromatic N) is 4. The van der Waals surface area contributed by atoms with Crippen LogP contribution in [0.15, 0.2) is 18.5 Å². The van der Waals surface area contributed by atoms with Gasteiger partial charge in [0.15, 0.2) is 0 Å². The largest absolute Gasteiger partial charge is 0.312 e. The SMILES string of the molecule is Cc1nc(-n2ccc(C3CC3)n2)ncc1CNCC(C)C. The van der Waals surface area contributed by atoms with Crippen LogP contribution in [0.1, 0.15) is 49.6 Å². The first-order valence-electron chi connectivity index (χ1n) is 7.72. The highest BCUT2D eigenvalue weighted by Gasteiger charge is 2.26. The molecule has 5 heteroatoms. The van der Waals surface area contributed by atoms with Gasteiger partial charge in [0.05, 0.1) is 5.69 Å². The molecule has 0 aromatic carbocycles. The minimum Gasteiger partial charge on any atom is -0.312 e. The molecule has 1 saturated carbocycles. The van der Waals surface area contributed by atoms with Gasteiger partial charge in [0, 0.05) is 36.1 Å². The Balaban J connectivity index is 1.70. The smallest absolute Gasteiger partial charge is 0.250 e. The number of nitrogens with one attached hydrogen (secondary N) is 1. The third kappa shape index (κ3) is 3.47. The van der Waals surface area contributed by atoms with Gasteiger partial charge in [-0.15, -0.1) is 0 Å². The Morgan fingerprint density at radius 2 is 2.19 bits per heavy atom. The van der Waals surface area contributed by atoms with E-state index in [0.717, 1.165) is 24.3 Å². The number of hydrogen-bond donors (Lipinski definition) is 1. The summed E-state index contributed by atoms with van der Waals surface area (Å²) in [5, 5.41) is 8.00. The summed E-state index contributed by atoms with van der Waals surface area (Å²) in [6.45, 7) is 8.26. The van der Waals surface area contributed by atoms with E-state index >= 15 is 0 Å². The first-order chi connectivity index (χ1) is 10.1. The zero-order chi connectivity index (χ0) is 14.8. The van der Waals surface area contributed by atoms with Crippen LogP contribution in [-0.2, 0) is 6.54 Å². The van der Waals surface area contributed by atoms with Crippen molar-refractivity contribution < 1.29 is 0 Å². The van der Waals surface area contributed by atoms with Gasteiger partial charge in [-0.3, -0.25) is 0 Å². The highest BCUT2D eigenvalue weighted by Crippen LogP contribution is 2.38. The van der Waals surface area contributed by atoms with Crippen molar-refractivity contribution in [3.8, 4) is 5.95 Å². The first-order valence-corrected chi connectivity index (χ1v) is 7.72. The van der Waals surface area contributed by atoms with E-state index in [-0.39, 0.29) is 0 Å². The maximum atomic E-state index is 4.58. The first kappa shape index (κ1) is 14.2. The van der Waals surface area contributed by atoms with E-state index in [1.807, 2.05) is 19.3 Å². The van der Waals surface area contributed by atoms with Crippen LogP contribution < -0.4 is 5.32 Å². The zero-order valence-electron chi connectivity index (χ0n) is 13.0. The second-order valence-corrected chi connectivity index (χ2v) is 6.26. The van der Waals surface area contributed by atoms with Crippen molar-refractivity contribution in [3.05, 3.63) is 35.4 Å². The second kappa shape index (κ2) is 5.93. The summed E-state index contributed by atoms with van der Waals surface area (Å²) in [6.07, 6.45) is 6.39. The molecular weight excluding hydrogens is 262 g/mol. The Kier molecular flexibility index (Phi) is 4.01. The van der Waals surface area contributed by atoms with Crippen LogP contribution in [0.25, 0.3) is 5.95 Å². The fourth-order valence-corrected chi connectivity index (χ4v) is 2.31. The van der Waals surface area contributed by atoms with Crippen molar-refractivity contribution in [1.82, 2.24) is 25.1 Å². The lowest BCUT2D eigenvalue weighted by Gasteiger charge is -2.09. The lowest BCUT2D eigenvalue weighted by molar-refractivity contribution is 0.550. The predicted molar refractivity (Wildman–Crippen MR) is 82.4 cm³/mol. The molecule has 0 saturated heterocycles. The molecule has 0 bridgehead atoms. The second-order valence-electron chi connectivity index (χ2n) is 6.26. The van der Waals surface area contributed by atoms with Gasteiger partial charge in [-0.05, 0) is 38.3 Å². The summed E-state index contributed by atoms with van der Waals surface area (Å²) in [4.78, 5) is 9.03. The molecule has 3 rings (SSSR count). The minimum atomic E-state index is 0.649. The van der Waals surface area contributed by atoms with Crippen LogP contribution in [0, 0.1) is 12.8 Å². The molecule has 5 nitrogen and oxygen atoms in total. The summed E-state index contributed by atoms with van der Waals surface area (Å²) >= 11 is 0. The van der Waals surface area contributed by atoms with E-state index < -0.39 is 0 Å². The van der Waals surface area contributed by atoms with E-state index in [1.165, 1.54) is 18.5 Å². The minimum absolute atomic E-state index is 0.649. The van der Waals surface area contributed by atoms with Crippen LogP contribution in [0.3, 0.4) is 0 Å². The fraction of sp³-hybridized carbons (Fsp3) is 0.562. The van der Waals surface area contributed by atoms with E-state index in [0.29, 0.717) is 17.8 Å². The number of rotatable bonds is 6. The molecule has 1 fully saturated rings. The van der Waals surface area contributed by atoms with Crippen LogP contribution in [0.5, 0.6) is 0 Å². The summed E-state index contributed by atoms with van der Waals surface area (Å²) < 4.78 is 1.78. The van der Waals surface area contributed by atoms with E-state index in [4.69, 9.17) is 0 Å². The van der Waals surface area contributed by atoms with Crippen LogP contribution >= 0.6 is 0 Å². The molecule has 0 spiro atoms. The maximum Gasteiger partial charge on any atom is 0.250 e. The topological polar surface area (TPSA) is 55.6 Å². The zero-order valence-corrected chi connectivity index (χ0v) is 13.0. The Morgan fingerprint density at radius 3 is 2.86 bits per heavy atom. The Bertz CT molecular complexity index is 613. The average molecular weight is 285 g/mol. The molecule has 0 aliphatic heterocycles. The monoisotopic (exact) mass is 285 g/mol. The Hall–Kier alpha value is -1.75. The van der Waals surface area contributed by atoms with E-state index in [9.17, 15) is 0 Å². The highest BCUT2D eigenvalue weighted by molar-refractivity contribution is 5.23. The van der Waals surface area contributed by atoms with Gasteiger partial charge < -0.3 is 5.32 Å². The predicted octanol–water partition coefficient (Wildman–Crippen LogP) is 2.59. The van der Waals surface area contributed by atoms with Crippen molar-refractivity contribution in [2.75, 3.05) is 6.54 Å². The Morgan fingerprint density at radius 1 is 1.38 bits per heavy atom. The maximum absolute atomic E-state index is 4.58. The van der Waals surface area contributed by atoms with Gasteiger partial charge in [-0.1, -0.05) is 13.8 Å². The summed E-state index contributed by atoms with van der Waals surface area (Å²) in [6, 6.07) is 2.08. The quantitative estimate of drug-likeness (QED) is 0.886. The lowest BCUT2D eigenvalue weighted by atomic mass is 10.2. The summed E-state index contributed by atoms with van der Waals surface area (Å²) in [5.41, 5.74) is 3.33. The molecule has 2 aromatic heterocycles. The molecule has 112 valence electrons. The Labute approximate surface area is 125 Å².